The third kappa shape index (κ3) is 4.10. The van der Waals surface area contributed by atoms with Crippen LogP contribution in [0.15, 0.2) is 64.3 Å². The zero-order valence-corrected chi connectivity index (χ0v) is 18.4. The van der Waals surface area contributed by atoms with Gasteiger partial charge in [-0.2, -0.15) is 0 Å². The van der Waals surface area contributed by atoms with E-state index in [2.05, 4.69) is 0 Å². The number of benzene rings is 2. The van der Waals surface area contributed by atoms with Gasteiger partial charge >= 0.3 is 0 Å². The van der Waals surface area contributed by atoms with Gasteiger partial charge in [0.1, 0.15) is 5.58 Å². The van der Waals surface area contributed by atoms with Crippen LogP contribution in [0.2, 0.25) is 0 Å². The van der Waals surface area contributed by atoms with Gasteiger partial charge in [-0.1, -0.05) is 23.8 Å². The van der Waals surface area contributed by atoms with Gasteiger partial charge < -0.3 is 19.3 Å². The van der Waals surface area contributed by atoms with E-state index in [0.29, 0.717) is 17.7 Å². The second-order valence-electron chi connectivity index (χ2n) is 8.30. The lowest BCUT2D eigenvalue weighted by molar-refractivity contribution is -0.384. The number of aliphatic hydroxyl groups is 1. The summed E-state index contributed by atoms with van der Waals surface area (Å²) in [7, 11) is 3.66. The SMILES string of the molecule is Cc1ccc2oc(C(=O)C3=C(O)C(=O)N(CCN(C)C)C3c3cccc([N+](=O)[O-])c3)cc2c1. The van der Waals surface area contributed by atoms with Gasteiger partial charge in [-0.15, -0.1) is 0 Å². The molecule has 1 aliphatic rings. The predicted octanol–water partition coefficient (Wildman–Crippen LogP) is 3.79. The number of hydrogen-bond donors (Lipinski definition) is 1. The van der Waals surface area contributed by atoms with Crippen molar-refractivity contribution in [2.75, 3.05) is 27.2 Å². The van der Waals surface area contributed by atoms with Crippen molar-refractivity contribution in [3.05, 3.63) is 86.9 Å². The van der Waals surface area contributed by atoms with Crippen LogP contribution in [0, 0.1) is 17.0 Å². The van der Waals surface area contributed by atoms with E-state index in [9.17, 15) is 24.8 Å². The number of nitrogens with zero attached hydrogens (tertiary/aromatic N) is 3. The molecule has 4 rings (SSSR count). The summed E-state index contributed by atoms with van der Waals surface area (Å²) in [5.41, 5.74) is 1.52. The molecule has 0 spiro atoms. The Kier molecular flexibility index (Phi) is 5.73. The second kappa shape index (κ2) is 8.51. The van der Waals surface area contributed by atoms with Crippen molar-refractivity contribution in [2.45, 2.75) is 13.0 Å². The van der Waals surface area contributed by atoms with Gasteiger partial charge in [0.2, 0.25) is 5.78 Å². The maximum atomic E-state index is 13.5. The minimum Gasteiger partial charge on any atom is -0.503 e. The Morgan fingerprint density at radius 2 is 1.97 bits per heavy atom. The molecule has 2 aromatic carbocycles. The fourth-order valence-corrected chi connectivity index (χ4v) is 3.99. The summed E-state index contributed by atoms with van der Waals surface area (Å²) in [6, 6.07) is 11.8. The number of ketones is 1. The van der Waals surface area contributed by atoms with Crippen LogP contribution in [0.3, 0.4) is 0 Å². The monoisotopic (exact) mass is 449 g/mol. The van der Waals surface area contributed by atoms with Crippen LogP contribution in [0.5, 0.6) is 0 Å². The quantitative estimate of drug-likeness (QED) is 0.331. The van der Waals surface area contributed by atoms with Gasteiger partial charge in [-0.25, -0.2) is 0 Å². The highest BCUT2D eigenvalue weighted by molar-refractivity contribution is 6.16. The Balaban J connectivity index is 1.82. The molecule has 1 unspecified atom stereocenters. The number of carbonyl (C=O) groups excluding carboxylic acids is 2. The third-order valence-corrected chi connectivity index (χ3v) is 5.63. The highest BCUT2D eigenvalue weighted by Gasteiger charge is 2.44. The number of Topliss-reactive ketones (excluding diaryl/α,β-unsaturated/α-hetero) is 1. The molecular weight excluding hydrogens is 426 g/mol. The molecule has 3 aromatic rings. The molecule has 9 heteroatoms. The Morgan fingerprint density at radius 1 is 1.21 bits per heavy atom. The Labute approximate surface area is 189 Å². The molecule has 33 heavy (non-hydrogen) atoms. The molecule has 0 saturated carbocycles. The minimum absolute atomic E-state index is 0.0187. The predicted molar refractivity (Wildman–Crippen MR) is 121 cm³/mol. The van der Waals surface area contributed by atoms with Gasteiger partial charge in [-0.05, 0) is 44.8 Å². The number of likely N-dealkylation sites (N-methyl/N-ethyl adjacent to an activating group) is 1. The summed E-state index contributed by atoms with van der Waals surface area (Å²) in [4.78, 5) is 40.5. The van der Waals surface area contributed by atoms with Crippen molar-refractivity contribution in [1.82, 2.24) is 9.80 Å². The van der Waals surface area contributed by atoms with E-state index in [4.69, 9.17) is 4.42 Å². The van der Waals surface area contributed by atoms with Crippen molar-refractivity contribution >= 4 is 28.3 Å². The molecule has 1 amide bonds. The molecular formula is C24H23N3O6. The highest BCUT2D eigenvalue weighted by atomic mass is 16.6. The molecule has 1 atom stereocenters. The van der Waals surface area contributed by atoms with Crippen molar-refractivity contribution in [2.24, 2.45) is 0 Å². The number of amides is 1. The number of rotatable bonds is 7. The zero-order valence-electron chi connectivity index (χ0n) is 18.4. The molecule has 0 saturated heterocycles. The van der Waals surface area contributed by atoms with Gasteiger partial charge in [0, 0.05) is 30.6 Å². The molecule has 1 N–H and O–H groups in total. The van der Waals surface area contributed by atoms with Crippen LogP contribution >= 0.6 is 0 Å². The summed E-state index contributed by atoms with van der Waals surface area (Å²) >= 11 is 0. The van der Waals surface area contributed by atoms with Gasteiger partial charge in [-0.3, -0.25) is 19.7 Å². The van der Waals surface area contributed by atoms with Crippen LogP contribution in [0.4, 0.5) is 5.69 Å². The maximum absolute atomic E-state index is 13.5. The Morgan fingerprint density at radius 3 is 2.67 bits per heavy atom. The van der Waals surface area contributed by atoms with Crippen LogP contribution in [-0.2, 0) is 4.79 Å². The highest BCUT2D eigenvalue weighted by Crippen LogP contribution is 2.40. The average molecular weight is 449 g/mol. The first-order valence-corrected chi connectivity index (χ1v) is 10.4. The summed E-state index contributed by atoms with van der Waals surface area (Å²) in [5.74, 6) is -2.04. The number of nitro groups is 1. The first-order chi connectivity index (χ1) is 15.7. The number of fused-ring (bicyclic) bond motifs is 1. The van der Waals surface area contributed by atoms with Crippen molar-refractivity contribution < 1.29 is 24.0 Å². The van der Waals surface area contributed by atoms with Gasteiger partial charge in [0.25, 0.3) is 11.6 Å². The molecule has 0 bridgehead atoms. The summed E-state index contributed by atoms with van der Waals surface area (Å²) < 4.78 is 5.72. The molecule has 0 aliphatic carbocycles. The summed E-state index contributed by atoms with van der Waals surface area (Å²) in [6.45, 7) is 2.59. The number of furan rings is 1. The molecule has 9 nitrogen and oxygen atoms in total. The lowest BCUT2D eigenvalue weighted by Crippen LogP contribution is -2.36. The maximum Gasteiger partial charge on any atom is 0.290 e. The molecule has 2 heterocycles. The third-order valence-electron chi connectivity index (χ3n) is 5.63. The number of aryl methyl sites for hydroxylation is 1. The normalized spacial score (nSPS) is 16.3. The van der Waals surface area contributed by atoms with E-state index < -0.39 is 28.4 Å². The Bertz CT molecular complexity index is 1310. The molecule has 0 radical (unpaired) electrons. The smallest absolute Gasteiger partial charge is 0.290 e. The second-order valence-corrected chi connectivity index (χ2v) is 8.30. The van der Waals surface area contributed by atoms with E-state index in [1.165, 1.54) is 23.1 Å². The molecule has 0 fully saturated rings. The van der Waals surface area contributed by atoms with Crippen molar-refractivity contribution in [3.63, 3.8) is 0 Å². The average Bonchev–Trinajstić information content (AvgIpc) is 3.30. The van der Waals surface area contributed by atoms with Gasteiger partial charge in [0.05, 0.1) is 16.5 Å². The van der Waals surface area contributed by atoms with Crippen LogP contribution in [0.1, 0.15) is 27.7 Å². The van der Waals surface area contributed by atoms with Crippen molar-refractivity contribution in [3.8, 4) is 0 Å². The number of nitro benzene ring substituents is 1. The van der Waals surface area contributed by atoms with Crippen LogP contribution in [-0.4, -0.2) is 58.7 Å². The van der Waals surface area contributed by atoms with E-state index in [0.717, 1.165) is 10.9 Å². The number of carbonyl (C=O) groups is 2. The first-order valence-electron chi connectivity index (χ1n) is 10.4. The van der Waals surface area contributed by atoms with E-state index in [1.807, 2.05) is 38.1 Å². The van der Waals surface area contributed by atoms with Crippen LogP contribution in [0.25, 0.3) is 11.0 Å². The van der Waals surface area contributed by atoms with Gasteiger partial charge in [0.15, 0.2) is 11.5 Å². The summed E-state index contributed by atoms with van der Waals surface area (Å²) in [5, 5.41) is 22.8. The van der Waals surface area contributed by atoms with Crippen molar-refractivity contribution in [1.29, 1.82) is 0 Å². The molecule has 1 aromatic heterocycles. The topological polar surface area (TPSA) is 117 Å². The van der Waals surface area contributed by atoms with E-state index >= 15 is 0 Å². The first kappa shape index (κ1) is 22.2. The summed E-state index contributed by atoms with van der Waals surface area (Å²) in [6.07, 6.45) is 0. The fourth-order valence-electron chi connectivity index (χ4n) is 3.99. The largest absolute Gasteiger partial charge is 0.503 e. The van der Waals surface area contributed by atoms with E-state index in [-0.39, 0.29) is 23.6 Å². The fraction of sp³-hybridized carbons (Fsp3) is 0.250. The molecule has 170 valence electrons. The standard InChI is InChI=1S/C24H23N3O6/c1-14-7-8-18-16(11-14)13-19(33-18)22(28)20-21(15-5-4-6-17(12-15)27(31)32)26(10-9-25(2)3)24(30)23(20)29/h4-8,11-13,21,29H,9-10H2,1-3H3. The minimum atomic E-state index is -0.986. The number of aliphatic hydroxyl groups excluding tert-OH is 1. The number of non-ortho nitro benzene ring substituents is 1. The lowest BCUT2D eigenvalue weighted by atomic mass is 9.94. The molecule has 1 aliphatic heterocycles. The lowest BCUT2D eigenvalue weighted by Gasteiger charge is -2.27. The number of hydrogen-bond acceptors (Lipinski definition) is 7. The van der Waals surface area contributed by atoms with Crippen LogP contribution < -0.4 is 0 Å². The zero-order chi connectivity index (χ0) is 23.9. The Hall–Kier alpha value is -3.98. The van der Waals surface area contributed by atoms with E-state index in [1.54, 1.807) is 18.2 Å².